The number of carbonyl (C=O) groups is 1. The van der Waals surface area contributed by atoms with Gasteiger partial charge < -0.3 is 4.74 Å². The lowest BCUT2D eigenvalue weighted by Gasteiger charge is -2.48. The predicted octanol–water partition coefficient (Wildman–Crippen LogP) is 10.2. The Balaban J connectivity index is 1.31. The van der Waals surface area contributed by atoms with Gasteiger partial charge in [-0.25, -0.2) is 0 Å². The Bertz CT molecular complexity index is 1760. The first-order chi connectivity index (χ1) is 22.3. The third-order valence-corrected chi connectivity index (χ3v) is 11.1. The molecule has 0 spiro atoms. The first-order valence-electron chi connectivity index (χ1n) is 17.0. The van der Waals surface area contributed by atoms with Gasteiger partial charge in [0, 0.05) is 40.4 Å². The number of rotatable bonds is 9. The topological polar surface area (TPSA) is 26.3 Å². The third kappa shape index (κ3) is 3.72. The number of aldehydes is 1. The highest BCUT2D eigenvalue weighted by molar-refractivity contribution is 5.91. The van der Waals surface area contributed by atoms with E-state index in [9.17, 15) is 4.79 Å². The average molecular weight is 587 g/mol. The van der Waals surface area contributed by atoms with E-state index >= 15 is 0 Å². The summed E-state index contributed by atoms with van der Waals surface area (Å²) in [6.45, 7) is 2.97. The van der Waals surface area contributed by atoms with Crippen LogP contribution in [-0.4, -0.2) is 12.9 Å². The molecule has 0 saturated carbocycles. The Morgan fingerprint density at radius 1 is 0.489 bits per heavy atom. The monoisotopic (exact) mass is 586 g/mol. The van der Waals surface area contributed by atoms with Crippen LogP contribution in [-0.2, 0) is 0 Å². The molecule has 0 saturated heterocycles. The molecule has 6 aliphatic carbocycles. The van der Waals surface area contributed by atoms with Crippen LogP contribution in [0.2, 0.25) is 0 Å². The van der Waals surface area contributed by atoms with E-state index in [2.05, 4.69) is 104 Å². The SMILES string of the molecule is CCCCCCCCOc1c2c(c(C=O)c3c1C1c4ccccc4C3c3ccccc31)C1c3ccccc3C2c2ccccc21. The van der Waals surface area contributed by atoms with Gasteiger partial charge in [0.15, 0.2) is 6.29 Å². The number of hydrogen-bond donors (Lipinski definition) is 0. The van der Waals surface area contributed by atoms with Crippen molar-refractivity contribution in [2.45, 2.75) is 69.1 Å². The number of ether oxygens (including phenoxy) is 1. The minimum Gasteiger partial charge on any atom is -0.493 e. The van der Waals surface area contributed by atoms with Crippen molar-refractivity contribution in [3.63, 3.8) is 0 Å². The van der Waals surface area contributed by atoms with Crippen LogP contribution < -0.4 is 4.74 Å². The maximum atomic E-state index is 13.6. The highest BCUT2D eigenvalue weighted by Crippen LogP contribution is 2.65. The molecule has 11 rings (SSSR count). The van der Waals surface area contributed by atoms with Crippen molar-refractivity contribution in [2.24, 2.45) is 0 Å². The van der Waals surface area contributed by atoms with Crippen molar-refractivity contribution in [1.29, 1.82) is 0 Å². The molecular weight excluding hydrogens is 548 g/mol. The predicted molar refractivity (Wildman–Crippen MR) is 180 cm³/mol. The highest BCUT2D eigenvalue weighted by atomic mass is 16.5. The maximum Gasteiger partial charge on any atom is 0.150 e. The zero-order valence-corrected chi connectivity index (χ0v) is 25.9. The van der Waals surface area contributed by atoms with Crippen molar-refractivity contribution in [3.05, 3.63) is 169 Å². The molecule has 222 valence electrons. The zero-order valence-electron chi connectivity index (χ0n) is 25.9. The van der Waals surface area contributed by atoms with E-state index < -0.39 is 0 Å². The third-order valence-electron chi connectivity index (χ3n) is 11.1. The van der Waals surface area contributed by atoms with Crippen molar-refractivity contribution in [3.8, 4) is 5.75 Å². The van der Waals surface area contributed by atoms with Crippen molar-refractivity contribution in [2.75, 3.05) is 6.61 Å². The van der Waals surface area contributed by atoms with Crippen LogP contribution in [0.1, 0.15) is 146 Å². The molecule has 0 aliphatic heterocycles. The normalized spacial score (nSPS) is 20.4. The van der Waals surface area contributed by atoms with Crippen LogP contribution >= 0.6 is 0 Å². The number of benzene rings is 5. The molecule has 2 heteroatoms. The molecule has 0 heterocycles. The fourth-order valence-corrected chi connectivity index (χ4v) is 9.42. The van der Waals surface area contributed by atoms with E-state index in [4.69, 9.17) is 4.74 Å². The Labute approximate surface area is 266 Å². The lowest BCUT2D eigenvalue weighted by Crippen LogP contribution is -2.35. The molecule has 0 radical (unpaired) electrons. The minimum absolute atomic E-state index is 0.0187. The zero-order chi connectivity index (χ0) is 30.1. The van der Waals surface area contributed by atoms with Gasteiger partial charge in [0.25, 0.3) is 0 Å². The van der Waals surface area contributed by atoms with Gasteiger partial charge in [-0.1, -0.05) is 136 Å². The lowest BCUT2D eigenvalue weighted by molar-refractivity contribution is 0.112. The minimum atomic E-state index is 0.0187. The summed E-state index contributed by atoms with van der Waals surface area (Å²) in [5, 5.41) is 0. The molecule has 4 bridgehead atoms. The first-order valence-corrected chi connectivity index (χ1v) is 17.0. The molecule has 0 unspecified atom stereocenters. The second kappa shape index (κ2) is 10.6. The molecule has 5 aromatic rings. The van der Waals surface area contributed by atoms with E-state index in [0.29, 0.717) is 6.61 Å². The van der Waals surface area contributed by atoms with Crippen LogP contribution in [0.15, 0.2) is 97.1 Å². The Hall–Kier alpha value is -4.43. The van der Waals surface area contributed by atoms with E-state index in [0.717, 1.165) is 17.7 Å². The smallest absolute Gasteiger partial charge is 0.150 e. The summed E-state index contributed by atoms with van der Waals surface area (Å²) in [6.07, 6.45) is 8.54. The number of carbonyl (C=O) groups excluding carboxylic acids is 1. The Kier molecular flexibility index (Phi) is 6.33. The molecule has 0 fully saturated rings. The van der Waals surface area contributed by atoms with Gasteiger partial charge in [-0.3, -0.25) is 4.79 Å². The summed E-state index contributed by atoms with van der Waals surface area (Å²) in [5.74, 6) is 1.19. The molecule has 0 N–H and O–H groups in total. The van der Waals surface area contributed by atoms with Gasteiger partial charge in [0.2, 0.25) is 0 Å². The van der Waals surface area contributed by atoms with E-state index in [1.807, 2.05) is 0 Å². The Morgan fingerprint density at radius 2 is 0.822 bits per heavy atom. The van der Waals surface area contributed by atoms with Gasteiger partial charge in [-0.05, 0) is 62.1 Å². The largest absolute Gasteiger partial charge is 0.493 e. The molecular formula is C43H38O2. The molecule has 6 aliphatic rings. The average Bonchev–Trinajstić information content (AvgIpc) is 3.10. The van der Waals surface area contributed by atoms with Gasteiger partial charge in [-0.15, -0.1) is 0 Å². The van der Waals surface area contributed by atoms with Crippen molar-refractivity contribution >= 4 is 6.29 Å². The number of unbranched alkanes of at least 4 members (excludes halogenated alkanes) is 5. The fraction of sp³-hybridized carbons (Fsp3) is 0.279. The molecule has 0 amide bonds. The fourth-order valence-electron chi connectivity index (χ4n) is 9.42. The summed E-state index contributed by atoms with van der Waals surface area (Å²) in [6, 6.07) is 35.7. The molecule has 2 nitrogen and oxygen atoms in total. The quantitative estimate of drug-likeness (QED) is 0.124. The van der Waals surface area contributed by atoms with Crippen LogP contribution in [0.4, 0.5) is 0 Å². The second-order valence-corrected chi connectivity index (χ2v) is 13.4. The van der Waals surface area contributed by atoms with Gasteiger partial charge in [-0.2, -0.15) is 0 Å². The summed E-state index contributed by atoms with van der Waals surface area (Å²) in [7, 11) is 0. The first kappa shape index (κ1) is 26.9. The molecule has 0 aromatic heterocycles. The van der Waals surface area contributed by atoms with Crippen molar-refractivity contribution in [1.82, 2.24) is 0 Å². The van der Waals surface area contributed by atoms with Crippen LogP contribution in [0.3, 0.4) is 0 Å². The second-order valence-electron chi connectivity index (χ2n) is 13.4. The molecule has 45 heavy (non-hydrogen) atoms. The van der Waals surface area contributed by atoms with Gasteiger partial charge >= 0.3 is 0 Å². The molecule has 0 atom stereocenters. The van der Waals surface area contributed by atoms with Gasteiger partial charge in [0.05, 0.1) is 6.61 Å². The lowest BCUT2D eigenvalue weighted by atomic mass is 9.54. The van der Waals surface area contributed by atoms with Gasteiger partial charge in [0.1, 0.15) is 5.75 Å². The number of hydrogen-bond acceptors (Lipinski definition) is 2. The molecule has 5 aromatic carbocycles. The Morgan fingerprint density at radius 3 is 1.18 bits per heavy atom. The standard InChI is InChI=1S/C43H38O2/c1-2-3-4-5-6-15-24-45-43-41-37-30-20-11-7-16-26(30)35(27-17-8-12-21-31(27)37)39(41)34(25-44)40-36-28-18-9-13-22-32(28)38(42(40)43)33-23-14-10-19-29(33)36/h7-14,16-23,25,35-38H,2-6,15,24H2,1H3. The summed E-state index contributed by atoms with van der Waals surface area (Å²) in [5.41, 5.74) is 16.5. The summed E-state index contributed by atoms with van der Waals surface area (Å²) < 4.78 is 7.16. The summed E-state index contributed by atoms with van der Waals surface area (Å²) >= 11 is 0. The van der Waals surface area contributed by atoms with Crippen LogP contribution in [0.25, 0.3) is 0 Å². The van der Waals surface area contributed by atoms with E-state index in [-0.39, 0.29) is 23.7 Å². The van der Waals surface area contributed by atoms with E-state index in [1.165, 1.54) is 105 Å². The summed E-state index contributed by atoms with van der Waals surface area (Å²) in [4.78, 5) is 13.6. The van der Waals surface area contributed by atoms with Crippen LogP contribution in [0.5, 0.6) is 5.75 Å². The maximum absolute atomic E-state index is 13.6. The highest BCUT2D eigenvalue weighted by Gasteiger charge is 2.51. The van der Waals surface area contributed by atoms with E-state index in [1.54, 1.807) is 0 Å². The van der Waals surface area contributed by atoms with Crippen LogP contribution in [0, 0.1) is 0 Å². The van der Waals surface area contributed by atoms with Crippen molar-refractivity contribution < 1.29 is 9.53 Å².